The molecule has 1 aromatic carbocycles. The molecular formula is C16H26N2O. The highest BCUT2D eigenvalue weighted by Gasteiger charge is 2.11. The van der Waals surface area contributed by atoms with Gasteiger partial charge < -0.3 is 10.4 Å². The number of aliphatic hydroxyl groups is 1. The lowest BCUT2D eigenvalue weighted by Gasteiger charge is -2.15. The first-order valence-electron chi connectivity index (χ1n) is 7.54. The Bertz CT molecular complexity index is 344. The molecule has 1 fully saturated rings. The van der Waals surface area contributed by atoms with Crippen molar-refractivity contribution in [2.75, 3.05) is 31.6 Å². The zero-order valence-corrected chi connectivity index (χ0v) is 11.8. The highest BCUT2D eigenvalue weighted by atomic mass is 16.2. The van der Waals surface area contributed by atoms with E-state index in [1.807, 2.05) is 0 Å². The molecule has 3 heteroatoms. The van der Waals surface area contributed by atoms with Crippen LogP contribution in [0, 0.1) is 0 Å². The summed E-state index contributed by atoms with van der Waals surface area (Å²) in [5.74, 6) is 0. The molecular weight excluding hydrogens is 236 g/mol. The second-order valence-electron chi connectivity index (χ2n) is 5.39. The van der Waals surface area contributed by atoms with Gasteiger partial charge in [0.2, 0.25) is 0 Å². The monoisotopic (exact) mass is 262 g/mol. The smallest absolute Gasteiger partial charge is 0.0431 e. The van der Waals surface area contributed by atoms with Crippen molar-refractivity contribution in [1.82, 2.24) is 4.90 Å². The van der Waals surface area contributed by atoms with E-state index in [0.29, 0.717) is 6.61 Å². The molecule has 1 aliphatic rings. The van der Waals surface area contributed by atoms with Crippen molar-refractivity contribution >= 4 is 5.69 Å². The minimum absolute atomic E-state index is 0.311. The predicted octanol–water partition coefficient (Wildman–Crippen LogP) is 2.86. The Kier molecular flexibility index (Phi) is 6.18. The van der Waals surface area contributed by atoms with E-state index >= 15 is 0 Å². The Morgan fingerprint density at radius 2 is 1.74 bits per heavy atom. The molecule has 0 bridgehead atoms. The van der Waals surface area contributed by atoms with E-state index in [4.69, 9.17) is 5.11 Å². The van der Waals surface area contributed by atoms with Gasteiger partial charge in [-0.05, 0) is 62.9 Å². The summed E-state index contributed by atoms with van der Waals surface area (Å²) in [6, 6.07) is 8.82. The average molecular weight is 262 g/mol. The topological polar surface area (TPSA) is 35.5 Å². The molecule has 19 heavy (non-hydrogen) atoms. The maximum absolute atomic E-state index is 8.71. The zero-order valence-electron chi connectivity index (χ0n) is 11.8. The predicted molar refractivity (Wildman–Crippen MR) is 80.4 cm³/mol. The van der Waals surface area contributed by atoms with Gasteiger partial charge in [-0.15, -0.1) is 0 Å². The third-order valence-electron chi connectivity index (χ3n) is 3.72. The van der Waals surface area contributed by atoms with Crippen molar-refractivity contribution in [2.45, 2.75) is 38.6 Å². The largest absolute Gasteiger partial charge is 0.396 e. The fourth-order valence-electron chi connectivity index (χ4n) is 2.57. The Labute approximate surface area is 116 Å². The van der Waals surface area contributed by atoms with Crippen molar-refractivity contribution in [1.29, 1.82) is 0 Å². The molecule has 106 valence electrons. The molecule has 0 amide bonds. The van der Waals surface area contributed by atoms with Gasteiger partial charge in [0.25, 0.3) is 0 Å². The third-order valence-corrected chi connectivity index (χ3v) is 3.72. The summed E-state index contributed by atoms with van der Waals surface area (Å²) in [4.78, 5) is 2.53. The molecule has 1 aliphatic heterocycles. The number of aliphatic hydroxyl groups excluding tert-OH is 1. The van der Waals surface area contributed by atoms with Crippen LogP contribution >= 0.6 is 0 Å². The Morgan fingerprint density at radius 3 is 2.42 bits per heavy atom. The van der Waals surface area contributed by atoms with E-state index in [1.54, 1.807) is 0 Å². The van der Waals surface area contributed by atoms with Crippen LogP contribution in [0.4, 0.5) is 5.69 Å². The molecule has 2 rings (SSSR count). The standard InChI is InChI=1S/C16H26N2O/c19-13-5-1-2-10-17-16-8-6-15(7-9-16)14-18-11-3-4-12-18/h6-9,17,19H,1-5,10-14H2. The SMILES string of the molecule is OCCCCCNc1ccc(CN2CCCC2)cc1. The van der Waals surface area contributed by atoms with Gasteiger partial charge in [0.1, 0.15) is 0 Å². The summed E-state index contributed by atoms with van der Waals surface area (Å²) >= 11 is 0. The molecule has 1 saturated heterocycles. The van der Waals surface area contributed by atoms with Crippen molar-refractivity contribution in [3.8, 4) is 0 Å². The van der Waals surface area contributed by atoms with Crippen LogP contribution in [-0.4, -0.2) is 36.2 Å². The number of hydrogen-bond acceptors (Lipinski definition) is 3. The molecule has 0 atom stereocenters. The van der Waals surface area contributed by atoms with Gasteiger partial charge in [-0.3, -0.25) is 4.90 Å². The van der Waals surface area contributed by atoms with Gasteiger partial charge in [-0.2, -0.15) is 0 Å². The van der Waals surface area contributed by atoms with Crippen molar-refractivity contribution < 1.29 is 5.11 Å². The van der Waals surface area contributed by atoms with Crippen molar-refractivity contribution in [2.24, 2.45) is 0 Å². The number of hydrogen-bond donors (Lipinski definition) is 2. The van der Waals surface area contributed by atoms with Gasteiger partial charge in [0.05, 0.1) is 0 Å². The summed E-state index contributed by atoms with van der Waals surface area (Å²) in [5, 5.41) is 12.1. The lowest BCUT2D eigenvalue weighted by molar-refractivity contribution is 0.283. The average Bonchev–Trinajstić information content (AvgIpc) is 2.93. The molecule has 1 aromatic rings. The molecule has 1 heterocycles. The summed E-state index contributed by atoms with van der Waals surface area (Å²) < 4.78 is 0. The van der Waals surface area contributed by atoms with Crippen LogP contribution in [0.2, 0.25) is 0 Å². The van der Waals surface area contributed by atoms with E-state index in [2.05, 4.69) is 34.5 Å². The van der Waals surface area contributed by atoms with E-state index in [9.17, 15) is 0 Å². The van der Waals surface area contributed by atoms with E-state index < -0.39 is 0 Å². The fourth-order valence-corrected chi connectivity index (χ4v) is 2.57. The van der Waals surface area contributed by atoms with Gasteiger partial charge >= 0.3 is 0 Å². The number of rotatable bonds is 8. The third kappa shape index (κ3) is 5.21. The molecule has 2 N–H and O–H groups in total. The maximum Gasteiger partial charge on any atom is 0.0431 e. The highest BCUT2D eigenvalue weighted by molar-refractivity contribution is 5.44. The molecule has 0 radical (unpaired) electrons. The summed E-state index contributed by atoms with van der Waals surface area (Å²) in [5.41, 5.74) is 2.61. The minimum Gasteiger partial charge on any atom is -0.396 e. The zero-order chi connectivity index (χ0) is 13.3. The lowest BCUT2D eigenvalue weighted by Crippen LogP contribution is -2.18. The number of benzene rings is 1. The van der Waals surface area contributed by atoms with Crippen LogP contribution in [-0.2, 0) is 6.54 Å². The van der Waals surface area contributed by atoms with Crippen molar-refractivity contribution in [3.05, 3.63) is 29.8 Å². The summed E-state index contributed by atoms with van der Waals surface area (Å²) in [6.45, 7) is 4.91. The molecule has 0 spiro atoms. The molecule has 0 saturated carbocycles. The Balaban J connectivity index is 1.68. The molecule has 0 aromatic heterocycles. The van der Waals surface area contributed by atoms with Gasteiger partial charge in [-0.25, -0.2) is 0 Å². The first kappa shape index (κ1) is 14.4. The van der Waals surface area contributed by atoms with Crippen LogP contribution in [0.25, 0.3) is 0 Å². The number of nitrogens with one attached hydrogen (secondary N) is 1. The number of anilines is 1. The van der Waals surface area contributed by atoms with E-state index in [1.165, 1.54) is 37.2 Å². The quantitative estimate of drug-likeness (QED) is 0.707. The van der Waals surface area contributed by atoms with Crippen LogP contribution in [0.5, 0.6) is 0 Å². The molecule has 0 aliphatic carbocycles. The first-order chi connectivity index (χ1) is 9.38. The second kappa shape index (κ2) is 8.18. The van der Waals surface area contributed by atoms with Crippen LogP contribution in [0.15, 0.2) is 24.3 Å². The maximum atomic E-state index is 8.71. The van der Waals surface area contributed by atoms with Crippen LogP contribution in [0.3, 0.4) is 0 Å². The molecule has 0 unspecified atom stereocenters. The van der Waals surface area contributed by atoms with Crippen LogP contribution < -0.4 is 5.32 Å². The summed E-state index contributed by atoms with van der Waals surface area (Å²) in [6.07, 6.45) is 5.84. The lowest BCUT2D eigenvalue weighted by atomic mass is 10.2. The van der Waals surface area contributed by atoms with Gasteiger partial charge in [-0.1, -0.05) is 12.1 Å². The number of nitrogens with zero attached hydrogens (tertiary/aromatic N) is 1. The van der Waals surface area contributed by atoms with Crippen LogP contribution in [0.1, 0.15) is 37.7 Å². The number of unbranched alkanes of at least 4 members (excludes halogenated alkanes) is 2. The fraction of sp³-hybridized carbons (Fsp3) is 0.625. The van der Waals surface area contributed by atoms with Crippen molar-refractivity contribution in [3.63, 3.8) is 0 Å². The first-order valence-corrected chi connectivity index (χ1v) is 7.54. The molecule has 3 nitrogen and oxygen atoms in total. The van der Waals surface area contributed by atoms with E-state index in [0.717, 1.165) is 32.4 Å². The Hall–Kier alpha value is -1.06. The number of likely N-dealkylation sites (tertiary alicyclic amines) is 1. The second-order valence-corrected chi connectivity index (χ2v) is 5.39. The minimum atomic E-state index is 0.311. The normalized spacial score (nSPS) is 15.8. The van der Waals surface area contributed by atoms with Gasteiger partial charge in [0, 0.05) is 25.4 Å². The van der Waals surface area contributed by atoms with Gasteiger partial charge in [0.15, 0.2) is 0 Å². The van der Waals surface area contributed by atoms with E-state index in [-0.39, 0.29) is 0 Å². The summed E-state index contributed by atoms with van der Waals surface area (Å²) in [7, 11) is 0. The Morgan fingerprint density at radius 1 is 1.00 bits per heavy atom. The highest BCUT2D eigenvalue weighted by Crippen LogP contribution is 2.15.